The van der Waals surface area contributed by atoms with Crippen molar-refractivity contribution in [3.63, 3.8) is 0 Å². The van der Waals surface area contributed by atoms with Gasteiger partial charge in [-0.1, -0.05) is 0 Å². The molecule has 1 aromatic heterocycles. The lowest BCUT2D eigenvalue weighted by molar-refractivity contribution is 0.575. The lowest BCUT2D eigenvalue weighted by atomic mass is 10.2. The molecule has 96 valence electrons. The van der Waals surface area contributed by atoms with Gasteiger partial charge in [-0.2, -0.15) is 5.26 Å². The molecular weight excluding hydrogens is 252 g/mol. The molecule has 0 saturated carbocycles. The predicted octanol–water partition coefficient (Wildman–Crippen LogP) is 0.0812. The third-order valence-corrected chi connectivity index (χ3v) is 4.96. The minimum absolute atomic E-state index is 0.405. The topological polar surface area (TPSA) is 86.1 Å². The largest absolute Gasteiger partial charge is 0.369 e. The van der Waals surface area contributed by atoms with Crippen LogP contribution in [0.15, 0.2) is 18.5 Å². The maximum Gasteiger partial charge on any atom is 0.216 e. The summed E-state index contributed by atoms with van der Waals surface area (Å²) in [6, 6.07) is 3.81. The zero-order valence-electron chi connectivity index (χ0n) is 10.00. The van der Waals surface area contributed by atoms with Crippen molar-refractivity contribution in [1.29, 1.82) is 5.26 Å². The van der Waals surface area contributed by atoms with Gasteiger partial charge in [-0.3, -0.25) is 4.98 Å². The van der Waals surface area contributed by atoms with Crippen LogP contribution in [-0.4, -0.2) is 38.8 Å². The number of aromatic nitrogens is 1. The highest BCUT2D eigenvalue weighted by molar-refractivity contribution is 7.90. The van der Waals surface area contributed by atoms with Gasteiger partial charge in [-0.05, 0) is 19.5 Å². The number of nitrogens with one attached hydrogen (secondary N) is 1. The lowest BCUT2D eigenvalue weighted by Gasteiger charge is -2.19. The van der Waals surface area contributed by atoms with Gasteiger partial charge in [0.25, 0.3) is 0 Å². The Morgan fingerprint density at radius 1 is 1.61 bits per heavy atom. The molecule has 0 aliphatic carbocycles. The summed E-state index contributed by atoms with van der Waals surface area (Å²) < 4.78 is 25.8. The highest BCUT2D eigenvalue weighted by atomic mass is 32.2. The van der Waals surface area contributed by atoms with E-state index in [9.17, 15) is 8.42 Å². The van der Waals surface area contributed by atoms with Gasteiger partial charge in [0.1, 0.15) is 6.07 Å². The van der Waals surface area contributed by atoms with E-state index < -0.39 is 15.3 Å². The molecule has 2 heterocycles. The van der Waals surface area contributed by atoms with Gasteiger partial charge >= 0.3 is 0 Å². The Bertz CT molecular complexity index is 579. The van der Waals surface area contributed by atoms with E-state index >= 15 is 0 Å². The summed E-state index contributed by atoms with van der Waals surface area (Å²) in [5.74, 6) is 0. The van der Waals surface area contributed by atoms with Gasteiger partial charge in [-0.25, -0.2) is 13.1 Å². The Morgan fingerprint density at radius 3 is 3.06 bits per heavy atom. The number of sulfonamides is 1. The first-order valence-electron chi connectivity index (χ1n) is 5.60. The highest BCUT2D eigenvalue weighted by Crippen LogP contribution is 2.25. The van der Waals surface area contributed by atoms with Crippen LogP contribution >= 0.6 is 0 Å². The minimum Gasteiger partial charge on any atom is -0.369 e. The molecule has 1 N–H and O–H groups in total. The molecule has 0 amide bonds. The van der Waals surface area contributed by atoms with Crippen LogP contribution in [0, 0.1) is 11.3 Å². The molecule has 1 aliphatic rings. The van der Waals surface area contributed by atoms with E-state index in [2.05, 4.69) is 15.8 Å². The number of hydrogen-bond acceptors (Lipinski definition) is 5. The van der Waals surface area contributed by atoms with Gasteiger partial charge < -0.3 is 4.90 Å². The van der Waals surface area contributed by atoms with Crippen LogP contribution in [0.2, 0.25) is 0 Å². The Balaban J connectivity index is 2.22. The number of nitrogens with zero attached hydrogens (tertiary/aromatic N) is 3. The van der Waals surface area contributed by atoms with Crippen molar-refractivity contribution in [3.8, 4) is 6.07 Å². The summed E-state index contributed by atoms with van der Waals surface area (Å²) in [6.07, 6.45) is 3.67. The van der Waals surface area contributed by atoms with Gasteiger partial charge in [-0.15, -0.1) is 0 Å². The smallest absolute Gasteiger partial charge is 0.216 e. The Labute approximate surface area is 106 Å². The SMILES string of the molecule is CNS(=O)(=O)C1CCN(c2ccncc2C#N)C1. The average Bonchev–Trinajstić information content (AvgIpc) is 2.89. The first-order chi connectivity index (χ1) is 8.58. The molecule has 0 radical (unpaired) electrons. The van der Waals surface area contributed by atoms with Crippen molar-refractivity contribution in [2.45, 2.75) is 11.7 Å². The Morgan fingerprint density at radius 2 is 2.39 bits per heavy atom. The summed E-state index contributed by atoms with van der Waals surface area (Å²) in [4.78, 5) is 5.81. The summed E-state index contributed by atoms with van der Waals surface area (Å²) in [7, 11) is -1.83. The molecule has 1 saturated heterocycles. The molecule has 2 rings (SSSR count). The number of pyridine rings is 1. The maximum atomic E-state index is 11.7. The van der Waals surface area contributed by atoms with Crippen molar-refractivity contribution in [2.75, 3.05) is 25.0 Å². The summed E-state index contributed by atoms with van der Waals surface area (Å²) in [6.45, 7) is 1.03. The van der Waals surface area contributed by atoms with Crippen LogP contribution < -0.4 is 9.62 Å². The maximum absolute atomic E-state index is 11.7. The van der Waals surface area contributed by atoms with E-state index in [4.69, 9.17) is 5.26 Å². The molecule has 1 aromatic rings. The number of anilines is 1. The van der Waals surface area contributed by atoms with Crippen LogP contribution in [-0.2, 0) is 10.0 Å². The van der Waals surface area contributed by atoms with Gasteiger partial charge in [0.05, 0.1) is 16.5 Å². The van der Waals surface area contributed by atoms with Crippen LogP contribution in [0.1, 0.15) is 12.0 Å². The summed E-state index contributed by atoms with van der Waals surface area (Å²) in [5.41, 5.74) is 1.22. The number of hydrogen-bond donors (Lipinski definition) is 1. The van der Waals surface area contributed by atoms with E-state index in [1.807, 2.05) is 4.90 Å². The molecule has 1 atom stereocenters. The first-order valence-corrected chi connectivity index (χ1v) is 7.14. The quantitative estimate of drug-likeness (QED) is 0.837. The zero-order valence-corrected chi connectivity index (χ0v) is 10.8. The third-order valence-electron chi connectivity index (χ3n) is 3.13. The highest BCUT2D eigenvalue weighted by Gasteiger charge is 2.32. The fraction of sp³-hybridized carbons (Fsp3) is 0.455. The molecule has 0 bridgehead atoms. The van der Waals surface area contributed by atoms with Crippen LogP contribution in [0.25, 0.3) is 0 Å². The molecule has 0 spiro atoms. The van der Waals surface area contributed by atoms with Crippen molar-refractivity contribution in [3.05, 3.63) is 24.0 Å². The Kier molecular flexibility index (Phi) is 3.50. The minimum atomic E-state index is -3.25. The second-order valence-electron chi connectivity index (χ2n) is 4.11. The van der Waals surface area contributed by atoms with E-state index in [1.54, 1.807) is 12.3 Å². The predicted molar refractivity (Wildman–Crippen MR) is 67.5 cm³/mol. The average molecular weight is 266 g/mol. The zero-order chi connectivity index (χ0) is 13.2. The monoisotopic (exact) mass is 266 g/mol. The molecule has 7 heteroatoms. The van der Waals surface area contributed by atoms with E-state index in [-0.39, 0.29) is 0 Å². The molecular formula is C11H14N4O2S. The van der Waals surface area contributed by atoms with Crippen LogP contribution in [0.4, 0.5) is 5.69 Å². The van der Waals surface area contributed by atoms with Crippen molar-refractivity contribution < 1.29 is 8.42 Å². The third kappa shape index (κ3) is 2.30. The Hall–Kier alpha value is -1.65. The molecule has 1 fully saturated rings. The second kappa shape index (κ2) is 4.92. The standard InChI is InChI=1S/C11H14N4O2S/c1-13-18(16,17)10-3-5-15(8-10)11-2-4-14-7-9(11)6-12/h2,4,7,10,13H,3,5,8H2,1H3. The molecule has 0 aromatic carbocycles. The van der Waals surface area contributed by atoms with Gasteiger partial charge in [0.15, 0.2) is 0 Å². The summed E-state index contributed by atoms with van der Waals surface area (Å²) in [5, 5.41) is 8.57. The van der Waals surface area contributed by atoms with E-state index in [0.717, 1.165) is 5.69 Å². The molecule has 1 unspecified atom stereocenters. The van der Waals surface area contributed by atoms with Crippen LogP contribution in [0.5, 0.6) is 0 Å². The molecule has 1 aliphatic heterocycles. The normalized spacial score (nSPS) is 19.8. The van der Waals surface area contributed by atoms with E-state index in [1.165, 1.54) is 13.2 Å². The first kappa shape index (κ1) is 12.8. The van der Waals surface area contributed by atoms with E-state index in [0.29, 0.717) is 25.1 Å². The fourth-order valence-corrected chi connectivity index (χ4v) is 3.24. The molecule has 18 heavy (non-hydrogen) atoms. The van der Waals surface area contributed by atoms with Crippen molar-refractivity contribution in [1.82, 2.24) is 9.71 Å². The van der Waals surface area contributed by atoms with Crippen molar-refractivity contribution >= 4 is 15.7 Å². The van der Waals surface area contributed by atoms with Crippen molar-refractivity contribution in [2.24, 2.45) is 0 Å². The fourth-order valence-electron chi connectivity index (χ4n) is 2.12. The lowest BCUT2D eigenvalue weighted by Crippen LogP contribution is -2.34. The van der Waals surface area contributed by atoms with Gasteiger partial charge in [0, 0.05) is 25.5 Å². The van der Waals surface area contributed by atoms with Gasteiger partial charge in [0.2, 0.25) is 10.0 Å². The number of nitriles is 1. The number of rotatable bonds is 3. The second-order valence-corrected chi connectivity index (χ2v) is 6.28. The molecule has 6 nitrogen and oxygen atoms in total. The van der Waals surface area contributed by atoms with Crippen LogP contribution in [0.3, 0.4) is 0 Å². The summed E-state index contributed by atoms with van der Waals surface area (Å²) >= 11 is 0.